The molecular formula is C20H29F3N6O2S. The van der Waals surface area contributed by atoms with Crippen LogP contribution >= 0.6 is 0 Å². The molecule has 1 aromatic carbocycles. The highest BCUT2D eigenvalue weighted by Gasteiger charge is 2.40. The number of hydrogen-bond donors (Lipinski definition) is 3. The Bertz CT molecular complexity index is 1000. The fourth-order valence-corrected chi connectivity index (χ4v) is 5.80. The third-order valence-corrected chi connectivity index (χ3v) is 7.27. The molecule has 32 heavy (non-hydrogen) atoms. The van der Waals surface area contributed by atoms with E-state index in [4.69, 9.17) is 10.9 Å². The number of benzene rings is 1. The van der Waals surface area contributed by atoms with E-state index in [1.807, 2.05) is 0 Å². The van der Waals surface area contributed by atoms with Crippen molar-refractivity contribution in [1.82, 2.24) is 20.6 Å². The Kier molecular flexibility index (Phi) is 7.56. The Morgan fingerprint density at radius 3 is 2.44 bits per heavy atom. The van der Waals surface area contributed by atoms with Crippen LogP contribution in [0, 0.1) is 11.8 Å². The summed E-state index contributed by atoms with van der Waals surface area (Å²) < 4.78 is 65.5. The molecule has 1 aliphatic rings. The molecule has 0 bridgehead atoms. The van der Waals surface area contributed by atoms with Gasteiger partial charge >= 0.3 is 6.18 Å². The van der Waals surface area contributed by atoms with E-state index in [1.165, 1.54) is 6.07 Å². The summed E-state index contributed by atoms with van der Waals surface area (Å²) in [6, 6.07) is 2.12. The molecule has 1 atom stereocenters. The maximum atomic E-state index is 13.6. The first-order chi connectivity index (χ1) is 15.0. The number of nitrogens with one attached hydrogen (secondary N) is 1. The lowest BCUT2D eigenvalue weighted by Crippen LogP contribution is -2.23. The van der Waals surface area contributed by atoms with Crippen LogP contribution < -0.4 is 10.9 Å². The zero-order valence-corrected chi connectivity index (χ0v) is 18.7. The first kappa shape index (κ1) is 24.6. The number of primary sulfonamides is 1. The molecule has 0 saturated heterocycles. The summed E-state index contributed by atoms with van der Waals surface area (Å²) in [5.41, 5.74) is 4.50. The van der Waals surface area contributed by atoms with Crippen LogP contribution in [0.15, 0.2) is 17.0 Å². The van der Waals surface area contributed by atoms with Gasteiger partial charge in [-0.05, 0) is 86.1 Å². The van der Waals surface area contributed by atoms with Crippen LogP contribution in [0.2, 0.25) is 0 Å². The predicted octanol–water partition coefficient (Wildman–Crippen LogP) is 3.57. The average Bonchev–Trinajstić information content (AvgIpc) is 3.25. The fraction of sp³-hybridized carbons (Fsp3) is 0.650. The van der Waals surface area contributed by atoms with E-state index in [-0.39, 0.29) is 17.3 Å². The number of H-pyrrole nitrogens is 1. The van der Waals surface area contributed by atoms with Gasteiger partial charge in [-0.3, -0.25) is 0 Å². The van der Waals surface area contributed by atoms with Crippen molar-refractivity contribution in [1.29, 1.82) is 0 Å². The number of nitrogens with zero attached hydrogens (tertiary/aromatic N) is 3. The van der Waals surface area contributed by atoms with Gasteiger partial charge < -0.3 is 5.73 Å². The highest BCUT2D eigenvalue weighted by atomic mass is 32.2. The Morgan fingerprint density at radius 2 is 1.91 bits per heavy atom. The number of hydrogen-bond acceptors (Lipinski definition) is 6. The average molecular weight is 475 g/mol. The number of alkyl halides is 3. The van der Waals surface area contributed by atoms with Crippen molar-refractivity contribution < 1.29 is 21.6 Å². The molecule has 1 fully saturated rings. The molecule has 1 aliphatic carbocycles. The molecule has 0 radical (unpaired) electrons. The minimum absolute atomic E-state index is 0.123. The molecule has 2 aromatic rings. The summed E-state index contributed by atoms with van der Waals surface area (Å²) in [7, 11) is -4.72. The van der Waals surface area contributed by atoms with Gasteiger partial charge in [0.25, 0.3) is 0 Å². The molecular weight excluding hydrogens is 445 g/mol. The minimum Gasteiger partial charge on any atom is -0.330 e. The van der Waals surface area contributed by atoms with Crippen LogP contribution in [0.25, 0.3) is 11.4 Å². The molecule has 1 saturated carbocycles. The van der Waals surface area contributed by atoms with Gasteiger partial charge in [-0.25, -0.2) is 13.6 Å². The lowest BCUT2D eigenvalue weighted by Gasteiger charge is -2.32. The van der Waals surface area contributed by atoms with E-state index in [2.05, 4.69) is 27.5 Å². The van der Waals surface area contributed by atoms with Crippen molar-refractivity contribution in [3.63, 3.8) is 0 Å². The molecule has 5 N–H and O–H groups in total. The summed E-state index contributed by atoms with van der Waals surface area (Å²) in [4.78, 5) is -0.999. The first-order valence-corrected chi connectivity index (χ1v) is 12.3. The highest BCUT2D eigenvalue weighted by molar-refractivity contribution is 7.89. The number of nitrogens with two attached hydrogens (primary N) is 2. The van der Waals surface area contributed by atoms with Gasteiger partial charge in [0.05, 0.1) is 5.56 Å². The summed E-state index contributed by atoms with van der Waals surface area (Å²) in [6.45, 7) is 2.89. The number of sulfonamides is 1. The van der Waals surface area contributed by atoms with Crippen molar-refractivity contribution in [2.24, 2.45) is 22.7 Å². The molecule has 3 rings (SSSR count). The van der Waals surface area contributed by atoms with Gasteiger partial charge in [0, 0.05) is 5.56 Å². The van der Waals surface area contributed by atoms with Gasteiger partial charge in [0.15, 0.2) is 0 Å². The number of rotatable bonds is 8. The number of aromatic nitrogens is 4. The lowest BCUT2D eigenvalue weighted by atomic mass is 9.74. The highest BCUT2D eigenvalue weighted by Crippen LogP contribution is 2.46. The molecule has 1 aromatic heterocycles. The molecule has 8 nitrogen and oxygen atoms in total. The Labute approximate surface area is 185 Å². The normalized spacial score (nSPS) is 20.9. The topological polar surface area (TPSA) is 141 Å². The van der Waals surface area contributed by atoms with Gasteiger partial charge in [0.1, 0.15) is 4.90 Å². The quantitative estimate of drug-likeness (QED) is 0.534. The molecule has 1 heterocycles. The Morgan fingerprint density at radius 1 is 1.22 bits per heavy atom. The van der Waals surface area contributed by atoms with Crippen LogP contribution in [-0.2, 0) is 16.2 Å². The van der Waals surface area contributed by atoms with E-state index < -0.39 is 26.7 Å². The monoisotopic (exact) mass is 474 g/mol. The molecule has 0 aliphatic heterocycles. The summed E-state index contributed by atoms with van der Waals surface area (Å²) in [6.07, 6.45) is 1.53. The maximum Gasteiger partial charge on any atom is 0.417 e. The van der Waals surface area contributed by atoms with Crippen molar-refractivity contribution in [3.8, 4) is 11.4 Å². The van der Waals surface area contributed by atoms with Crippen molar-refractivity contribution in [2.75, 3.05) is 6.54 Å². The van der Waals surface area contributed by atoms with E-state index in [1.54, 1.807) is 0 Å². The predicted molar refractivity (Wildman–Crippen MR) is 113 cm³/mol. The van der Waals surface area contributed by atoms with Crippen LogP contribution in [0.3, 0.4) is 0 Å². The molecule has 1 unspecified atom stereocenters. The maximum absolute atomic E-state index is 13.6. The standard InChI is InChI=1S/C20H29F3N6O2S/c1-12(3-2-10-24)11-13-4-6-14(7-5-13)15-8-9-16(20(21,22)23)18(32(25,30)31)17(15)19-26-28-29-27-19/h8-9,12-14H,2-7,10-11,24H2,1H3,(H2,25,30,31)(H,26,27,28,29). The van der Waals surface area contributed by atoms with E-state index in [9.17, 15) is 21.6 Å². The van der Waals surface area contributed by atoms with Crippen molar-refractivity contribution in [2.45, 2.75) is 68.9 Å². The first-order valence-electron chi connectivity index (χ1n) is 10.7. The Balaban J connectivity index is 1.95. The minimum atomic E-state index is -4.91. The summed E-state index contributed by atoms with van der Waals surface area (Å²) in [5.74, 6) is 0.754. The zero-order valence-electron chi connectivity index (χ0n) is 17.9. The van der Waals surface area contributed by atoms with Crippen LogP contribution in [0.1, 0.15) is 68.9 Å². The van der Waals surface area contributed by atoms with Crippen LogP contribution in [-0.4, -0.2) is 35.6 Å². The second-order valence-corrected chi connectivity index (χ2v) is 10.2. The number of aromatic amines is 1. The molecule has 12 heteroatoms. The zero-order chi connectivity index (χ0) is 23.5. The van der Waals surface area contributed by atoms with Crippen LogP contribution in [0.5, 0.6) is 0 Å². The van der Waals surface area contributed by atoms with Gasteiger partial charge in [-0.1, -0.05) is 13.0 Å². The molecule has 0 amide bonds. The second-order valence-electron chi connectivity index (χ2n) is 8.67. The van der Waals surface area contributed by atoms with Gasteiger partial charge in [-0.15, -0.1) is 10.2 Å². The van der Waals surface area contributed by atoms with E-state index >= 15 is 0 Å². The second kappa shape index (κ2) is 9.84. The van der Waals surface area contributed by atoms with Crippen LogP contribution in [0.4, 0.5) is 13.2 Å². The molecule has 178 valence electrons. The third-order valence-electron chi connectivity index (χ3n) is 6.27. The third kappa shape index (κ3) is 5.65. The van der Waals surface area contributed by atoms with E-state index in [0.717, 1.165) is 51.0 Å². The smallest absolute Gasteiger partial charge is 0.330 e. The molecule has 0 spiro atoms. The number of tetrazole rings is 1. The summed E-state index contributed by atoms with van der Waals surface area (Å²) >= 11 is 0. The Hall–Kier alpha value is -2.05. The van der Waals surface area contributed by atoms with Crippen molar-refractivity contribution >= 4 is 10.0 Å². The van der Waals surface area contributed by atoms with Crippen molar-refractivity contribution in [3.05, 3.63) is 23.3 Å². The SMILES string of the molecule is CC(CCCN)CC1CCC(c2ccc(C(F)(F)F)c(S(N)(=O)=O)c2-c2nn[nH]n2)CC1. The van der Waals surface area contributed by atoms with Gasteiger partial charge in [0.2, 0.25) is 15.8 Å². The number of halogens is 3. The fourth-order valence-electron chi connectivity index (χ4n) is 4.82. The lowest BCUT2D eigenvalue weighted by molar-refractivity contribution is -0.139. The van der Waals surface area contributed by atoms with Gasteiger partial charge in [-0.2, -0.15) is 18.4 Å². The largest absolute Gasteiger partial charge is 0.417 e. The summed E-state index contributed by atoms with van der Waals surface area (Å²) in [5, 5.41) is 18.4. The van der Waals surface area contributed by atoms with E-state index in [0.29, 0.717) is 23.9 Å².